The molecule has 0 saturated carbocycles. The molecule has 0 aliphatic carbocycles. The number of aromatic nitrogens is 2. The zero-order valence-corrected chi connectivity index (χ0v) is 18.7. The SMILES string of the molecule is O=C(CCCCc1ccc2c(n1)NCCC2)NCCC(C(=O)O)c1cnc2ccccc2c1. The molecular formula is C26H30N4O3. The van der Waals surface area contributed by atoms with E-state index < -0.39 is 11.9 Å². The second-order valence-electron chi connectivity index (χ2n) is 8.54. The molecule has 1 aliphatic rings. The number of nitrogens with zero attached hydrogens (tertiary/aromatic N) is 2. The Morgan fingerprint density at radius 3 is 2.91 bits per heavy atom. The monoisotopic (exact) mass is 446 g/mol. The zero-order chi connectivity index (χ0) is 23.0. The number of carbonyl (C=O) groups excluding carboxylic acids is 1. The Morgan fingerprint density at radius 2 is 2.03 bits per heavy atom. The van der Waals surface area contributed by atoms with E-state index in [0.29, 0.717) is 24.9 Å². The van der Waals surface area contributed by atoms with Gasteiger partial charge in [0.15, 0.2) is 0 Å². The van der Waals surface area contributed by atoms with Crippen molar-refractivity contribution >= 4 is 28.6 Å². The number of carboxylic acids is 1. The van der Waals surface area contributed by atoms with Crippen molar-refractivity contribution in [2.24, 2.45) is 0 Å². The van der Waals surface area contributed by atoms with Crippen LogP contribution < -0.4 is 10.6 Å². The number of anilines is 1. The van der Waals surface area contributed by atoms with Crippen LogP contribution in [0.5, 0.6) is 0 Å². The van der Waals surface area contributed by atoms with E-state index in [4.69, 9.17) is 4.98 Å². The standard InChI is InChI=1S/C26H30N4O3/c31-24(10-4-2-8-21-12-11-18-7-5-14-28-25(18)30-21)27-15-13-22(26(32)33)20-16-19-6-1-3-9-23(19)29-17-20/h1,3,6,9,11-12,16-17,22H,2,4-5,7-8,10,13-15H2,(H,27,31)(H,28,30)(H,32,33). The molecule has 2 aromatic heterocycles. The van der Waals surface area contributed by atoms with Crippen molar-refractivity contribution in [3.05, 3.63) is 65.5 Å². The number of hydrogen-bond donors (Lipinski definition) is 3. The molecule has 1 atom stereocenters. The molecule has 0 bridgehead atoms. The van der Waals surface area contributed by atoms with Crippen LogP contribution in [-0.4, -0.2) is 40.0 Å². The Kier molecular flexibility index (Phi) is 7.50. The minimum absolute atomic E-state index is 0.0455. The number of carboxylic acid groups (broad SMARTS) is 1. The molecule has 0 saturated heterocycles. The van der Waals surface area contributed by atoms with Crippen LogP contribution in [0.1, 0.15) is 54.8 Å². The molecule has 1 amide bonds. The van der Waals surface area contributed by atoms with E-state index >= 15 is 0 Å². The summed E-state index contributed by atoms with van der Waals surface area (Å²) in [7, 11) is 0. The number of aliphatic carboxylic acids is 1. The zero-order valence-electron chi connectivity index (χ0n) is 18.7. The fourth-order valence-corrected chi connectivity index (χ4v) is 4.26. The molecule has 0 fully saturated rings. The summed E-state index contributed by atoms with van der Waals surface area (Å²) in [5, 5.41) is 16.8. The van der Waals surface area contributed by atoms with Crippen molar-refractivity contribution < 1.29 is 14.7 Å². The summed E-state index contributed by atoms with van der Waals surface area (Å²) in [6.07, 6.45) is 7.11. The number of unbranched alkanes of at least 4 members (excludes halogenated alkanes) is 1. The van der Waals surface area contributed by atoms with E-state index in [1.54, 1.807) is 6.20 Å². The molecule has 172 valence electrons. The summed E-state index contributed by atoms with van der Waals surface area (Å²) in [5.41, 5.74) is 3.82. The summed E-state index contributed by atoms with van der Waals surface area (Å²) in [6.45, 7) is 1.30. The predicted octanol–water partition coefficient (Wildman–Crippen LogP) is 4.08. The number of rotatable bonds is 10. The van der Waals surface area contributed by atoms with Crippen molar-refractivity contribution in [2.45, 2.75) is 50.9 Å². The maximum absolute atomic E-state index is 12.2. The van der Waals surface area contributed by atoms with Crippen molar-refractivity contribution in [3.8, 4) is 0 Å². The minimum atomic E-state index is -0.909. The highest BCUT2D eigenvalue weighted by Crippen LogP contribution is 2.23. The van der Waals surface area contributed by atoms with Crippen molar-refractivity contribution in [1.29, 1.82) is 0 Å². The fourth-order valence-electron chi connectivity index (χ4n) is 4.26. The molecule has 33 heavy (non-hydrogen) atoms. The summed E-state index contributed by atoms with van der Waals surface area (Å²) in [4.78, 5) is 33.1. The van der Waals surface area contributed by atoms with E-state index in [0.717, 1.165) is 61.1 Å². The Hall–Kier alpha value is -3.48. The van der Waals surface area contributed by atoms with Gasteiger partial charge >= 0.3 is 5.97 Å². The smallest absolute Gasteiger partial charge is 0.311 e. The Bertz CT molecular complexity index is 1130. The van der Waals surface area contributed by atoms with Crippen molar-refractivity contribution in [3.63, 3.8) is 0 Å². The maximum Gasteiger partial charge on any atom is 0.311 e. The van der Waals surface area contributed by atoms with Crippen LogP contribution in [-0.2, 0) is 22.4 Å². The van der Waals surface area contributed by atoms with E-state index in [2.05, 4.69) is 27.8 Å². The summed E-state index contributed by atoms with van der Waals surface area (Å²) in [5.74, 6) is -0.651. The van der Waals surface area contributed by atoms with Crippen LogP contribution in [0.15, 0.2) is 48.7 Å². The van der Waals surface area contributed by atoms with E-state index in [1.807, 2.05) is 30.3 Å². The lowest BCUT2D eigenvalue weighted by Crippen LogP contribution is -2.27. The average Bonchev–Trinajstić information content (AvgIpc) is 2.84. The number of pyridine rings is 2. The van der Waals surface area contributed by atoms with Crippen LogP contribution in [0.2, 0.25) is 0 Å². The quantitative estimate of drug-likeness (QED) is 0.406. The van der Waals surface area contributed by atoms with Gasteiger partial charge in [-0.15, -0.1) is 0 Å². The van der Waals surface area contributed by atoms with Gasteiger partial charge in [0.25, 0.3) is 0 Å². The molecule has 7 heteroatoms. The highest BCUT2D eigenvalue weighted by atomic mass is 16.4. The van der Waals surface area contributed by atoms with Crippen LogP contribution in [0, 0.1) is 0 Å². The van der Waals surface area contributed by atoms with E-state index in [1.165, 1.54) is 5.56 Å². The van der Waals surface area contributed by atoms with Gasteiger partial charge in [0, 0.05) is 36.8 Å². The first-order chi connectivity index (χ1) is 16.1. The van der Waals surface area contributed by atoms with Crippen LogP contribution in [0.3, 0.4) is 0 Å². The van der Waals surface area contributed by atoms with E-state index in [-0.39, 0.29) is 5.91 Å². The minimum Gasteiger partial charge on any atom is -0.481 e. The second-order valence-corrected chi connectivity index (χ2v) is 8.54. The van der Waals surface area contributed by atoms with Crippen LogP contribution in [0.25, 0.3) is 10.9 Å². The lowest BCUT2D eigenvalue weighted by Gasteiger charge is -2.17. The Morgan fingerprint density at radius 1 is 1.15 bits per heavy atom. The molecule has 1 aromatic carbocycles. The first-order valence-electron chi connectivity index (χ1n) is 11.7. The third-order valence-corrected chi connectivity index (χ3v) is 6.11. The fraction of sp³-hybridized carbons (Fsp3) is 0.385. The van der Waals surface area contributed by atoms with Gasteiger partial charge in [0.05, 0.1) is 11.4 Å². The van der Waals surface area contributed by atoms with Gasteiger partial charge in [-0.2, -0.15) is 0 Å². The van der Waals surface area contributed by atoms with Crippen LogP contribution in [0.4, 0.5) is 5.82 Å². The summed E-state index contributed by atoms with van der Waals surface area (Å²) in [6, 6.07) is 13.7. The topological polar surface area (TPSA) is 104 Å². The number of aryl methyl sites for hydroxylation is 2. The molecule has 3 heterocycles. The van der Waals surface area contributed by atoms with Gasteiger partial charge in [0.1, 0.15) is 5.82 Å². The molecule has 7 nitrogen and oxygen atoms in total. The highest BCUT2D eigenvalue weighted by Gasteiger charge is 2.20. The van der Waals surface area contributed by atoms with E-state index in [9.17, 15) is 14.7 Å². The largest absolute Gasteiger partial charge is 0.481 e. The number of benzene rings is 1. The van der Waals surface area contributed by atoms with Gasteiger partial charge in [-0.05, 0) is 67.9 Å². The molecule has 4 rings (SSSR count). The lowest BCUT2D eigenvalue weighted by molar-refractivity contribution is -0.139. The molecule has 0 radical (unpaired) electrons. The number of fused-ring (bicyclic) bond motifs is 2. The highest BCUT2D eigenvalue weighted by molar-refractivity contribution is 5.82. The number of nitrogens with one attached hydrogen (secondary N) is 2. The van der Waals surface area contributed by atoms with Crippen molar-refractivity contribution in [1.82, 2.24) is 15.3 Å². The van der Waals surface area contributed by atoms with Gasteiger partial charge in [0.2, 0.25) is 5.91 Å². The van der Waals surface area contributed by atoms with Gasteiger partial charge in [-0.3, -0.25) is 14.6 Å². The number of carbonyl (C=O) groups is 2. The summed E-state index contributed by atoms with van der Waals surface area (Å²) < 4.78 is 0. The normalized spacial score (nSPS) is 13.7. The number of hydrogen-bond acceptors (Lipinski definition) is 5. The molecule has 1 unspecified atom stereocenters. The number of para-hydroxylation sites is 1. The average molecular weight is 447 g/mol. The molecule has 0 spiro atoms. The number of amides is 1. The van der Waals surface area contributed by atoms with Crippen LogP contribution >= 0.6 is 0 Å². The second kappa shape index (κ2) is 10.9. The third-order valence-electron chi connectivity index (χ3n) is 6.11. The molecular weight excluding hydrogens is 416 g/mol. The predicted molar refractivity (Wildman–Crippen MR) is 128 cm³/mol. The van der Waals surface area contributed by atoms with Gasteiger partial charge < -0.3 is 15.7 Å². The molecule has 3 N–H and O–H groups in total. The first-order valence-corrected chi connectivity index (χ1v) is 11.7. The third kappa shape index (κ3) is 6.06. The Labute approximate surface area is 193 Å². The summed E-state index contributed by atoms with van der Waals surface area (Å²) >= 11 is 0. The molecule has 1 aliphatic heterocycles. The van der Waals surface area contributed by atoms with Gasteiger partial charge in [-0.25, -0.2) is 4.98 Å². The Balaban J connectivity index is 1.20. The first kappa shape index (κ1) is 22.7. The lowest BCUT2D eigenvalue weighted by atomic mass is 9.96. The van der Waals surface area contributed by atoms with Crippen molar-refractivity contribution in [2.75, 3.05) is 18.4 Å². The molecule has 3 aromatic rings. The van der Waals surface area contributed by atoms with Gasteiger partial charge in [-0.1, -0.05) is 24.3 Å². The maximum atomic E-state index is 12.2.